The van der Waals surface area contributed by atoms with Gasteiger partial charge in [0.25, 0.3) is 0 Å². The molecule has 2 aliphatic rings. The minimum absolute atomic E-state index is 0.0293. The van der Waals surface area contributed by atoms with Crippen molar-refractivity contribution in [2.75, 3.05) is 11.9 Å². The third kappa shape index (κ3) is 4.74. The maximum absolute atomic E-state index is 13.0. The Morgan fingerprint density at radius 2 is 1.82 bits per heavy atom. The van der Waals surface area contributed by atoms with Crippen LogP contribution < -0.4 is 5.32 Å². The number of halogens is 3. The summed E-state index contributed by atoms with van der Waals surface area (Å²) in [5.41, 5.74) is -0.282. The third-order valence-corrected chi connectivity index (χ3v) is 5.54. The highest BCUT2D eigenvalue weighted by atomic mass is 19.4. The minimum atomic E-state index is -4.60. The lowest BCUT2D eigenvalue weighted by Gasteiger charge is -2.37. The molecular formula is C22H22F3N5O4. The zero-order valence-corrected chi connectivity index (χ0v) is 18.3. The Balaban J connectivity index is 1.31. The molecule has 2 aliphatic heterocycles. The van der Waals surface area contributed by atoms with Crippen molar-refractivity contribution in [3.63, 3.8) is 0 Å². The van der Waals surface area contributed by atoms with Crippen molar-refractivity contribution in [1.82, 2.24) is 20.2 Å². The van der Waals surface area contributed by atoms with E-state index in [1.807, 2.05) is 30.3 Å². The number of nitrogens with zero attached hydrogens (tertiary/aromatic N) is 4. The Hall–Kier alpha value is -3.09. The molecule has 3 aromatic rings. The van der Waals surface area contributed by atoms with Crippen LogP contribution in [0.4, 0.5) is 19.0 Å². The molecule has 2 saturated heterocycles. The number of aromatic nitrogens is 4. The van der Waals surface area contributed by atoms with Crippen molar-refractivity contribution in [1.29, 1.82) is 0 Å². The smallest absolute Gasteiger partial charge is 0.421 e. The van der Waals surface area contributed by atoms with E-state index < -0.39 is 42.0 Å². The molecule has 0 spiro atoms. The highest BCUT2D eigenvalue weighted by Crippen LogP contribution is 2.37. The van der Waals surface area contributed by atoms with Gasteiger partial charge in [0, 0.05) is 5.56 Å². The third-order valence-electron chi connectivity index (χ3n) is 5.54. The molecule has 9 nitrogen and oxygen atoms in total. The maximum Gasteiger partial charge on any atom is 0.434 e. The second-order valence-corrected chi connectivity index (χ2v) is 8.55. The number of ether oxygens (including phenoxy) is 3. The summed E-state index contributed by atoms with van der Waals surface area (Å²) in [6, 6.07) is 8.87. The summed E-state index contributed by atoms with van der Waals surface area (Å²) in [6.07, 6.45) is -3.90. The van der Waals surface area contributed by atoms with Gasteiger partial charge in [-0.2, -0.15) is 13.2 Å². The lowest BCUT2D eigenvalue weighted by Crippen LogP contribution is -2.55. The number of alkyl halides is 3. The summed E-state index contributed by atoms with van der Waals surface area (Å²) in [5.74, 6) is -0.163. The summed E-state index contributed by atoms with van der Waals surface area (Å²) in [7, 11) is 0. The van der Waals surface area contributed by atoms with E-state index in [1.165, 1.54) is 6.20 Å². The molecule has 5 rings (SSSR count). The van der Waals surface area contributed by atoms with Crippen LogP contribution >= 0.6 is 0 Å². The second-order valence-electron chi connectivity index (χ2n) is 8.55. The van der Waals surface area contributed by atoms with E-state index >= 15 is 0 Å². The van der Waals surface area contributed by atoms with E-state index in [9.17, 15) is 13.2 Å². The van der Waals surface area contributed by atoms with Crippen molar-refractivity contribution in [3.8, 4) is 11.5 Å². The number of rotatable bonds is 5. The maximum atomic E-state index is 13.0. The zero-order chi connectivity index (χ0) is 23.9. The molecule has 4 atom stereocenters. The van der Waals surface area contributed by atoms with Crippen LogP contribution in [-0.2, 0) is 26.8 Å². The van der Waals surface area contributed by atoms with Crippen LogP contribution in [0.1, 0.15) is 25.4 Å². The molecule has 2 aromatic heterocycles. The normalized spacial score (nSPS) is 26.3. The number of nitrogens with one attached hydrogen (secondary N) is 1. The van der Waals surface area contributed by atoms with Crippen molar-refractivity contribution >= 4 is 5.82 Å². The first-order chi connectivity index (χ1) is 16.2. The highest BCUT2D eigenvalue weighted by Gasteiger charge is 2.52. The number of hydrogen-bond acceptors (Lipinski definition) is 9. The zero-order valence-electron chi connectivity index (χ0n) is 18.3. The van der Waals surface area contributed by atoms with Crippen LogP contribution in [0, 0.1) is 0 Å². The van der Waals surface area contributed by atoms with Gasteiger partial charge in [-0.05, 0) is 26.0 Å². The summed E-state index contributed by atoms with van der Waals surface area (Å²) in [4.78, 5) is 7.27. The van der Waals surface area contributed by atoms with Gasteiger partial charge in [0.15, 0.2) is 11.5 Å². The predicted molar refractivity (Wildman–Crippen MR) is 111 cm³/mol. The van der Waals surface area contributed by atoms with Crippen LogP contribution in [0.3, 0.4) is 0 Å². The van der Waals surface area contributed by atoms with Crippen LogP contribution in [0.5, 0.6) is 0 Å². The molecule has 180 valence electrons. The number of anilines is 1. The summed E-state index contributed by atoms with van der Waals surface area (Å²) < 4.78 is 63.0. The van der Waals surface area contributed by atoms with Crippen LogP contribution in [0.25, 0.3) is 11.5 Å². The monoisotopic (exact) mass is 477 g/mol. The molecule has 0 unspecified atom stereocenters. The Morgan fingerprint density at radius 3 is 2.59 bits per heavy atom. The first kappa shape index (κ1) is 22.7. The molecule has 1 N–H and O–H groups in total. The van der Waals surface area contributed by atoms with Crippen molar-refractivity contribution in [3.05, 3.63) is 54.3 Å². The fraction of sp³-hybridized carbons (Fsp3) is 0.455. The quantitative estimate of drug-likeness (QED) is 0.591. The Kier molecular flexibility index (Phi) is 5.74. The number of fused-ring (bicyclic) bond motifs is 1. The van der Waals surface area contributed by atoms with E-state index in [1.54, 1.807) is 13.8 Å². The van der Waals surface area contributed by atoms with Crippen molar-refractivity contribution in [2.45, 2.75) is 56.6 Å². The standard InChI is InChI=1S/C22H22F3N5O4/c1-21(2)33-18-13(27-16-10-26-9-15(28-16)22(23,24)25)11-31-14(19(18)34-21)8-17-29-30-20(32-17)12-6-4-3-5-7-12/h3-7,9-10,13-14,18-19H,8,11H2,1-2H3,(H,27,28)/t13-,14+,18+,19-/m0/s1. The summed E-state index contributed by atoms with van der Waals surface area (Å²) in [6.45, 7) is 3.68. The van der Waals surface area contributed by atoms with Gasteiger partial charge in [0.1, 0.15) is 18.0 Å². The van der Waals surface area contributed by atoms with Crippen LogP contribution in [0.15, 0.2) is 47.1 Å². The van der Waals surface area contributed by atoms with E-state index in [2.05, 4.69) is 25.5 Å². The Labute approximate surface area is 192 Å². The van der Waals surface area contributed by atoms with Gasteiger partial charge in [-0.15, -0.1) is 10.2 Å². The van der Waals surface area contributed by atoms with Crippen molar-refractivity contribution in [2.24, 2.45) is 0 Å². The van der Waals surface area contributed by atoms with Gasteiger partial charge in [0.05, 0.1) is 37.6 Å². The highest BCUT2D eigenvalue weighted by molar-refractivity contribution is 5.51. The van der Waals surface area contributed by atoms with Gasteiger partial charge in [-0.1, -0.05) is 18.2 Å². The van der Waals surface area contributed by atoms with E-state index in [-0.39, 0.29) is 18.8 Å². The van der Waals surface area contributed by atoms with E-state index in [0.29, 0.717) is 18.0 Å². The fourth-order valence-corrected chi connectivity index (χ4v) is 4.10. The van der Waals surface area contributed by atoms with Gasteiger partial charge >= 0.3 is 6.18 Å². The number of benzene rings is 1. The van der Waals surface area contributed by atoms with Gasteiger partial charge < -0.3 is 23.9 Å². The van der Waals surface area contributed by atoms with Gasteiger partial charge in [-0.25, -0.2) is 4.98 Å². The first-order valence-electron chi connectivity index (χ1n) is 10.7. The molecular weight excluding hydrogens is 455 g/mol. The Bertz CT molecular complexity index is 1140. The average molecular weight is 477 g/mol. The molecule has 0 saturated carbocycles. The van der Waals surface area contributed by atoms with Crippen LogP contribution in [0.2, 0.25) is 0 Å². The predicted octanol–water partition coefficient (Wildman–Crippen LogP) is 3.49. The van der Waals surface area contributed by atoms with E-state index in [0.717, 1.165) is 5.56 Å². The van der Waals surface area contributed by atoms with Gasteiger partial charge in [-0.3, -0.25) is 4.98 Å². The summed E-state index contributed by atoms with van der Waals surface area (Å²) in [5, 5.41) is 11.2. The number of hydrogen-bond donors (Lipinski definition) is 1. The first-order valence-corrected chi connectivity index (χ1v) is 10.7. The molecule has 0 bridgehead atoms. The fourth-order valence-electron chi connectivity index (χ4n) is 4.10. The summed E-state index contributed by atoms with van der Waals surface area (Å²) >= 11 is 0. The molecule has 1 aromatic carbocycles. The average Bonchev–Trinajstić information content (AvgIpc) is 3.39. The molecule has 0 amide bonds. The lowest BCUT2D eigenvalue weighted by molar-refractivity contribution is -0.154. The molecule has 0 radical (unpaired) electrons. The topological polar surface area (TPSA) is 104 Å². The largest absolute Gasteiger partial charge is 0.434 e. The minimum Gasteiger partial charge on any atom is -0.421 e. The molecule has 12 heteroatoms. The van der Waals surface area contributed by atoms with Gasteiger partial charge in [0.2, 0.25) is 11.8 Å². The van der Waals surface area contributed by atoms with Crippen molar-refractivity contribution < 1.29 is 31.8 Å². The SMILES string of the molecule is CC1(C)O[C@@H]2[C@H](O1)[C@@H](Nc1cncc(C(F)(F)F)n1)CO[C@@H]2Cc1nnc(-c2ccccc2)o1. The molecule has 2 fully saturated rings. The lowest BCUT2D eigenvalue weighted by atomic mass is 9.96. The van der Waals surface area contributed by atoms with E-state index in [4.69, 9.17) is 18.6 Å². The van der Waals surface area contributed by atoms with Crippen LogP contribution in [-0.4, -0.2) is 56.9 Å². The molecule has 0 aliphatic carbocycles. The Morgan fingerprint density at radius 1 is 1.06 bits per heavy atom. The second kappa shape index (κ2) is 8.60. The molecule has 4 heterocycles. The molecule has 34 heavy (non-hydrogen) atoms.